The summed E-state index contributed by atoms with van der Waals surface area (Å²) in [7, 11) is 0. The highest BCUT2D eigenvalue weighted by molar-refractivity contribution is 9.10. The first-order valence-electron chi connectivity index (χ1n) is 5.74. The second-order valence-corrected chi connectivity index (χ2v) is 5.80. The van der Waals surface area contributed by atoms with Crippen LogP contribution in [-0.4, -0.2) is 22.0 Å². The summed E-state index contributed by atoms with van der Waals surface area (Å²) in [5.74, 6) is -1.30. The van der Waals surface area contributed by atoms with E-state index in [0.29, 0.717) is 10.2 Å². The summed E-state index contributed by atoms with van der Waals surface area (Å²) >= 11 is 4.60. The van der Waals surface area contributed by atoms with E-state index in [1.165, 1.54) is 17.5 Å². The number of carbonyl (C=O) groups excluding carboxylic acids is 1. The van der Waals surface area contributed by atoms with Crippen LogP contribution in [0.25, 0.3) is 0 Å². The number of hydrogen-bond donors (Lipinski definition) is 2. The number of aliphatic carboxylic acids is 1. The van der Waals surface area contributed by atoms with E-state index in [1.54, 1.807) is 18.2 Å². The average Bonchev–Trinajstić information content (AvgIpc) is 2.92. The molecule has 2 N–H and O–H groups in total. The number of thiophene rings is 1. The molecule has 2 heterocycles. The molecule has 0 fully saturated rings. The fourth-order valence-electron chi connectivity index (χ4n) is 1.64. The molecule has 2 aromatic heterocycles. The molecule has 0 saturated carbocycles. The molecule has 0 bridgehead atoms. The monoisotopic (exact) mass is 354 g/mol. The van der Waals surface area contributed by atoms with Gasteiger partial charge in [-0.3, -0.25) is 9.59 Å². The molecule has 0 aliphatic heterocycles. The molecule has 0 spiro atoms. The fourth-order valence-corrected chi connectivity index (χ4v) is 2.65. The molecule has 0 aliphatic carbocycles. The molecule has 1 atom stereocenters. The van der Waals surface area contributed by atoms with Crippen LogP contribution in [0.15, 0.2) is 40.4 Å². The molecule has 104 valence electrons. The molecule has 20 heavy (non-hydrogen) atoms. The van der Waals surface area contributed by atoms with Gasteiger partial charge in [-0.2, -0.15) is 0 Å². The van der Waals surface area contributed by atoms with Crippen LogP contribution in [0.3, 0.4) is 0 Å². The summed E-state index contributed by atoms with van der Waals surface area (Å²) in [6, 6.07) is 6.37. The Labute approximate surface area is 127 Å². The van der Waals surface area contributed by atoms with Crippen LogP contribution in [0.4, 0.5) is 0 Å². The van der Waals surface area contributed by atoms with E-state index in [0.717, 1.165) is 4.88 Å². The average molecular weight is 355 g/mol. The van der Waals surface area contributed by atoms with Crippen LogP contribution in [0, 0.1) is 0 Å². The predicted octanol–water partition coefficient (Wildman–Crippen LogP) is 2.85. The highest BCUT2D eigenvalue weighted by Crippen LogP contribution is 2.22. The van der Waals surface area contributed by atoms with Gasteiger partial charge in [0, 0.05) is 11.1 Å². The largest absolute Gasteiger partial charge is 0.481 e. The van der Waals surface area contributed by atoms with Gasteiger partial charge in [-0.1, -0.05) is 6.07 Å². The van der Waals surface area contributed by atoms with Crippen molar-refractivity contribution in [1.29, 1.82) is 0 Å². The van der Waals surface area contributed by atoms with Crippen molar-refractivity contribution in [1.82, 2.24) is 10.3 Å². The van der Waals surface area contributed by atoms with Crippen LogP contribution in [-0.2, 0) is 4.79 Å². The van der Waals surface area contributed by atoms with Crippen LogP contribution >= 0.6 is 27.3 Å². The van der Waals surface area contributed by atoms with E-state index in [1.807, 2.05) is 11.4 Å². The lowest BCUT2D eigenvalue weighted by Crippen LogP contribution is -2.29. The maximum absolute atomic E-state index is 12.1. The van der Waals surface area contributed by atoms with Gasteiger partial charge in [0.25, 0.3) is 5.91 Å². The number of amides is 1. The molecular formula is C13H11BrN2O3S. The lowest BCUT2D eigenvalue weighted by molar-refractivity contribution is -0.137. The van der Waals surface area contributed by atoms with Crippen molar-refractivity contribution in [2.75, 3.05) is 0 Å². The van der Waals surface area contributed by atoms with Crippen LogP contribution < -0.4 is 5.32 Å². The number of aromatic nitrogens is 1. The number of pyridine rings is 1. The van der Waals surface area contributed by atoms with E-state index in [-0.39, 0.29) is 12.3 Å². The number of hydrogen-bond acceptors (Lipinski definition) is 4. The van der Waals surface area contributed by atoms with Crippen molar-refractivity contribution in [2.45, 2.75) is 12.5 Å². The third kappa shape index (κ3) is 3.88. The zero-order valence-corrected chi connectivity index (χ0v) is 12.6. The lowest BCUT2D eigenvalue weighted by atomic mass is 10.1. The molecule has 2 rings (SSSR count). The van der Waals surface area contributed by atoms with E-state index in [2.05, 4.69) is 26.2 Å². The van der Waals surface area contributed by atoms with E-state index < -0.39 is 12.0 Å². The standard InChI is InChI=1S/C13H11BrN2O3S/c14-11-4-3-8(7-15-11)13(19)16-9(6-12(17)18)10-2-1-5-20-10/h1-5,7,9H,6H2,(H,16,19)(H,17,18). The third-order valence-electron chi connectivity index (χ3n) is 2.56. The van der Waals surface area contributed by atoms with Gasteiger partial charge < -0.3 is 10.4 Å². The molecule has 1 unspecified atom stereocenters. The van der Waals surface area contributed by atoms with Crippen LogP contribution in [0.1, 0.15) is 27.7 Å². The van der Waals surface area contributed by atoms with Crippen molar-refractivity contribution >= 4 is 39.1 Å². The molecule has 7 heteroatoms. The zero-order valence-electron chi connectivity index (χ0n) is 10.2. The number of nitrogens with zero attached hydrogens (tertiary/aromatic N) is 1. The van der Waals surface area contributed by atoms with E-state index in [4.69, 9.17) is 5.11 Å². The molecule has 0 aromatic carbocycles. The van der Waals surface area contributed by atoms with Gasteiger partial charge in [-0.25, -0.2) is 4.98 Å². The number of carboxylic acids is 1. The Bertz CT molecular complexity index is 599. The first-order chi connectivity index (χ1) is 9.56. The number of halogens is 1. The van der Waals surface area contributed by atoms with Gasteiger partial charge in [0.15, 0.2) is 0 Å². The fraction of sp³-hybridized carbons (Fsp3) is 0.154. The Hall–Kier alpha value is -1.73. The highest BCUT2D eigenvalue weighted by Gasteiger charge is 2.19. The minimum Gasteiger partial charge on any atom is -0.481 e. The Balaban J connectivity index is 2.13. The van der Waals surface area contributed by atoms with Crippen LogP contribution in [0.5, 0.6) is 0 Å². The molecule has 1 amide bonds. The van der Waals surface area contributed by atoms with Crippen molar-refractivity contribution in [3.8, 4) is 0 Å². The number of carbonyl (C=O) groups is 2. The second kappa shape index (κ2) is 6.62. The summed E-state index contributed by atoms with van der Waals surface area (Å²) < 4.78 is 0.634. The summed E-state index contributed by atoms with van der Waals surface area (Å²) in [6.07, 6.45) is 1.28. The number of rotatable bonds is 5. The van der Waals surface area contributed by atoms with Crippen molar-refractivity contribution in [3.05, 3.63) is 50.9 Å². The molecule has 0 radical (unpaired) electrons. The molecule has 0 aliphatic rings. The minimum absolute atomic E-state index is 0.157. The lowest BCUT2D eigenvalue weighted by Gasteiger charge is -2.15. The Morgan fingerprint density at radius 3 is 2.75 bits per heavy atom. The predicted molar refractivity (Wildman–Crippen MR) is 78.7 cm³/mol. The Morgan fingerprint density at radius 2 is 2.20 bits per heavy atom. The summed E-state index contributed by atoms with van der Waals surface area (Å²) in [6.45, 7) is 0. The normalized spacial score (nSPS) is 11.8. The van der Waals surface area contributed by atoms with Gasteiger partial charge in [-0.05, 0) is 39.5 Å². The molecule has 5 nitrogen and oxygen atoms in total. The molecular weight excluding hydrogens is 344 g/mol. The first kappa shape index (κ1) is 14.7. The van der Waals surface area contributed by atoms with E-state index >= 15 is 0 Å². The number of carboxylic acid groups (broad SMARTS) is 1. The quantitative estimate of drug-likeness (QED) is 0.809. The van der Waals surface area contributed by atoms with Crippen molar-refractivity contribution < 1.29 is 14.7 Å². The van der Waals surface area contributed by atoms with E-state index in [9.17, 15) is 9.59 Å². The number of nitrogens with one attached hydrogen (secondary N) is 1. The molecule has 2 aromatic rings. The summed E-state index contributed by atoms with van der Waals surface area (Å²) in [5.41, 5.74) is 0.389. The minimum atomic E-state index is -0.961. The maximum Gasteiger partial charge on any atom is 0.305 e. The smallest absolute Gasteiger partial charge is 0.305 e. The van der Waals surface area contributed by atoms with Gasteiger partial charge in [0.2, 0.25) is 0 Å². The topological polar surface area (TPSA) is 79.3 Å². The van der Waals surface area contributed by atoms with Gasteiger partial charge in [0.1, 0.15) is 4.60 Å². The van der Waals surface area contributed by atoms with Gasteiger partial charge in [-0.15, -0.1) is 11.3 Å². The van der Waals surface area contributed by atoms with Crippen LogP contribution in [0.2, 0.25) is 0 Å². The van der Waals surface area contributed by atoms with Crippen molar-refractivity contribution in [2.24, 2.45) is 0 Å². The Kier molecular flexibility index (Phi) is 4.86. The first-order valence-corrected chi connectivity index (χ1v) is 7.41. The molecule has 0 saturated heterocycles. The summed E-state index contributed by atoms with van der Waals surface area (Å²) in [4.78, 5) is 27.8. The second-order valence-electron chi connectivity index (χ2n) is 4.01. The Morgan fingerprint density at radius 1 is 1.40 bits per heavy atom. The highest BCUT2D eigenvalue weighted by atomic mass is 79.9. The zero-order chi connectivity index (χ0) is 14.5. The van der Waals surface area contributed by atoms with Crippen molar-refractivity contribution in [3.63, 3.8) is 0 Å². The van der Waals surface area contributed by atoms with Gasteiger partial charge >= 0.3 is 5.97 Å². The third-order valence-corrected chi connectivity index (χ3v) is 4.02. The SMILES string of the molecule is O=C(O)CC(NC(=O)c1ccc(Br)nc1)c1cccs1. The summed E-state index contributed by atoms with van der Waals surface area (Å²) in [5, 5.41) is 13.5. The maximum atomic E-state index is 12.1. The van der Waals surface area contributed by atoms with Gasteiger partial charge in [0.05, 0.1) is 18.0 Å².